The van der Waals surface area contributed by atoms with Crippen molar-refractivity contribution in [3.8, 4) is 11.5 Å². The molecule has 1 aromatic carbocycles. The molecule has 0 saturated heterocycles. The second kappa shape index (κ2) is 14.1. The van der Waals surface area contributed by atoms with Crippen molar-refractivity contribution in [3.05, 3.63) is 23.8 Å². The van der Waals surface area contributed by atoms with Gasteiger partial charge < -0.3 is 24.7 Å². The van der Waals surface area contributed by atoms with E-state index in [4.69, 9.17) is 24.7 Å². The fraction of sp³-hybridized carbons (Fsp3) is 0.677. The Hall–Kier alpha value is -2.94. The SMILES string of the molecule is CCC(C)(C)C(=O)Oc1ccc(C[C@H](N)C(=O)O[C@@H](C)[C@H](C)OC(=O)C(C)(C)CC)cc1OC(=O)C(C)(C)CC. The van der Waals surface area contributed by atoms with Crippen LogP contribution in [0.5, 0.6) is 11.5 Å². The first-order chi connectivity index (χ1) is 18.3. The molecule has 0 saturated carbocycles. The number of hydrogen-bond acceptors (Lipinski definition) is 9. The van der Waals surface area contributed by atoms with Crippen molar-refractivity contribution < 1.29 is 38.1 Å². The number of benzene rings is 1. The summed E-state index contributed by atoms with van der Waals surface area (Å²) in [6.45, 7) is 19.6. The van der Waals surface area contributed by atoms with Crippen molar-refractivity contribution in [2.24, 2.45) is 22.0 Å². The minimum absolute atomic E-state index is 0.0669. The van der Waals surface area contributed by atoms with E-state index in [0.717, 1.165) is 0 Å². The van der Waals surface area contributed by atoms with Crippen LogP contribution < -0.4 is 15.2 Å². The van der Waals surface area contributed by atoms with E-state index in [9.17, 15) is 19.2 Å². The monoisotopic (exact) mass is 563 g/mol. The van der Waals surface area contributed by atoms with Gasteiger partial charge in [0.15, 0.2) is 11.5 Å². The molecule has 0 aromatic heterocycles. The number of hydrogen-bond donors (Lipinski definition) is 1. The molecule has 0 spiro atoms. The fourth-order valence-corrected chi connectivity index (χ4v) is 2.88. The molecule has 0 bridgehead atoms. The second-order valence-electron chi connectivity index (χ2n) is 12.3. The van der Waals surface area contributed by atoms with Crippen LogP contribution in [0.3, 0.4) is 0 Å². The third-order valence-electron chi connectivity index (χ3n) is 7.74. The summed E-state index contributed by atoms with van der Waals surface area (Å²) in [5, 5.41) is 0. The molecule has 1 rings (SSSR count). The van der Waals surface area contributed by atoms with Gasteiger partial charge in [0.25, 0.3) is 0 Å². The molecule has 9 heteroatoms. The smallest absolute Gasteiger partial charge is 0.323 e. The topological polar surface area (TPSA) is 131 Å². The van der Waals surface area contributed by atoms with Crippen LogP contribution in [0.4, 0.5) is 0 Å². The van der Waals surface area contributed by atoms with E-state index < -0.39 is 52.4 Å². The number of rotatable bonds is 14. The van der Waals surface area contributed by atoms with Gasteiger partial charge in [-0.05, 0) is 98.8 Å². The Morgan fingerprint density at radius 2 is 1.12 bits per heavy atom. The van der Waals surface area contributed by atoms with E-state index in [1.807, 2.05) is 20.8 Å². The molecule has 226 valence electrons. The van der Waals surface area contributed by atoms with E-state index in [0.29, 0.717) is 24.8 Å². The molecule has 0 aliphatic heterocycles. The molecule has 0 unspecified atom stereocenters. The lowest BCUT2D eigenvalue weighted by Gasteiger charge is -2.27. The molecule has 40 heavy (non-hydrogen) atoms. The minimum atomic E-state index is -1.04. The van der Waals surface area contributed by atoms with Crippen molar-refractivity contribution in [2.75, 3.05) is 0 Å². The quantitative estimate of drug-likeness (QED) is 0.229. The molecule has 1 aromatic rings. The van der Waals surface area contributed by atoms with Gasteiger partial charge in [-0.25, -0.2) is 0 Å². The zero-order chi connectivity index (χ0) is 31.1. The van der Waals surface area contributed by atoms with Gasteiger partial charge in [0, 0.05) is 0 Å². The lowest BCUT2D eigenvalue weighted by Crippen LogP contribution is -2.40. The maximum Gasteiger partial charge on any atom is 0.323 e. The normalized spacial score (nSPS) is 14.5. The second-order valence-corrected chi connectivity index (χ2v) is 12.3. The highest BCUT2D eigenvalue weighted by atomic mass is 16.6. The van der Waals surface area contributed by atoms with Crippen molar-refractivity contribution in [1.29, 1.82) is 0 Å². The van der Waals surface area contributed by atoms with E-state index in [-0.39, 0.29) is 23.9 Å². The number of carbonyl (C=O) groups is 4. The Bertz CT molecular complexity index is 1060. The molecule has 0 amide bonds. The zero-order valence-corrected chi connectivity index (χ0v) is 26.1. The molecule has 2 N–H and O–H groups in total. The van der Waals surface area contributed by atoms with Gasteiger partial charge in [-0.2, -0.15) is 0 Å². The summed E-state index contributed by atoms with van der Waals surface area (Å²) >= 11 is 0. The van der Waals surface area contributed by atoms with Crippen LogP contribution >= 0.6 is 0 Å². The third-order valence-corrected chi connectivity index (χ3v) is 7.74. The highest BCUT2D eigenvalue weighted by Crippen LogP contribution is 2.34. The number of ether oxygens (including phenoxy) is 4. The van der Waals surface area contributed by atoms with E-state index >= 15 is 0 Å². The molecule has 0 fully saturated rings. The van der Waals surface area contributed by atoms with Crippen LogP contribution in [0.2, 0.25) is 0 Å². The van der Waals surface area contributed by atoms with Crippen LogP contribution in [0.1, 0.15) is 101 Å². The number of carbonyl (C=O) groups excluding carboxylic acids is 4. The number of nitrogens with two attached hydrogens (primary N) is 1. The Balaban J connectivity index is 3.08. The summed E-state index contributed by atoms with van der Waals surface area (Å²) in [6.07, 6.45) is 0.404. The van der Waals surface area contributed by atoms with E-state index in [1.165, 1.54) is 6.07 Å². The summed E-state index contributed by atoms with van der Waals surface area (Å²) in [5.41, 5.74) is 4.59. The Morgan fingerprint density at radius 3 is 1.60 bits per heavy atom. The summed E-state index contributed by atoms with van der Waals surface area (Å²) in [7, 11) is 0. The molecule has 0 aliphatic rings. The molecule has 9 nitrogen and oxygen atoms in total. The Labute approximate surface area is 239 Å². The Morgan fingerprint density at radius 1 is 0.700 bits per heavy atom. The standard InChI is InChI=1S/C31H49NO8/c1-12-29(6,7)26(34)38-20(5)19(4)37-25(33)22(32)17-21-15-16-23(39-27(35)30(8,9)13-2)24(18-21)40-28(36)31(10,11)14-3/h15-16,18-20,22H,12-14,17,32H2,1-11H3/t19-,20-,22-/m0/s1. The van der Waals surface area contributed by atoms with Crippen LogP contribution in [-0.2, 0) is 35.1 Å². The van der Waals surface area contributed by atoms with Gasteiger partial charge in [-0.1, -0.05) is 26.8 Å². The first kappa shape index (κ1) is 35.1. The largest absolute Gasteiger partial charge is 0.458 e. The van der Waals surface area contributed by atoms with Crippen LogP contribution in [0.15, 0.2) is 18.2 Å². The summed E-state index contributed by atoms with van der Waals surface area (Å²) < 4.78 is 22.3. The van der Waals surface area contributed by atoms with Gasteiger partial charge in [-0.3, -0.25) is 19.2 Å². The molecular formula is C31H49NO8. The maximum atomic E-state index is 12.8. The van der Waals surface area contributed by atoms with Gasteiger partial charge in [0.2, 0.25) is 0 Å². The van der Waals surface area contributed by atoms with Crippen LogP contribution in [0.25, 0.3) is 0 Å². The van der Waals surface area contributed by atoms with Crippen LogP contribution in [0, 0.1) is 16.2 Å². The summed E-state index contributed by atoms with van der Waals surface area (Å²) in [6, 6.07) is 3.68. The summed E-state index contributed by atoms with van der Waals surface area (Å²) in [5.74, 6) is -1.81. The van der Waals surface area contributed by atoms with Gasteiger partial charge in [0.1, 0.15) is 18.2 Å². The predicted octanol–water partition coefficient (Wildman–Crippen LogP) is 5.54. The van der Waals surface area contributed by atoms with E-state index in [2.05, 4.69) is 0 Å². The zero-order valence-electron chi connectivity index (χ0n) is 26.1. The highest BCUT2D eigenvalue weighted by molar-refractivity contribution is 5.82. The average molecular weight is 564 g/mol. The molecule has 3 atom stereocenters. The van der Waals surface area contributed by atoms with Crippen molar-refractivity contribution >= 4 is 23.9 Å². The van der Waals surface area contributed by atoms with Crippen molar-refractivity contribution in [1.82, 2.24) is 0 Å². The summed E-state index contributed by atoms with van der Waals surface area (Å²) in [4.78, 5) is 50.7. The Kier molecular flexibility index (Phi) is 12.4. The molecular weight excluding hydrogens is 514 g/mol. The minimum Gasteiger partial charge on any atom is -0.458 e. The van der Waals surface area contributed by atoms with Crippen molar-refractivity contribution in [3.63, 3.8) is 0 Å². The fourth-order valence-electron chi connectivity index (χ4n) is 2.88. The van der Waals surface area contributed by atoms with Gasteiger partial charge in [-0.15, -0.1) is 0 Å². The molecule has 0 heterocycles. The average Bonchev–Trinajstić information content (AvgIpc) is 2.89. The van der Waals surface area contributed by atoms with Crippen LogP contribution in [-0.4, -0.2) is 42.1 Å². The van der Waals surface area contributed by atoms with Gasteiger partial charge in [0.05, 0.1) is 16.2 Å². The molecule has 0 radical (unpaired) electrons. The predicted molar refractivity (Wildman–Crippen MR) is 153 cm³/mol. The number of esters is 4. The highest BCUT2D eigenvalue weighted by Gasteiger charge is 2.33. The van der Waals surface area contributed by atoms with Crippen molar-refractivity contribution in [2.45, 2.75) is 120 Å². The lowest BCUT2D eigenvalue weighted by atomic mass is 9.90. The maximum absolute atomic E-state index is 12.8. The van der Waals surface area contributed by atoms with Gasteiger partial charge >= 0.3 is 23.9 Å². The molecule has 0 aliphatic carbocycles. The third kappa shape index (κ3) is 9.61. The first-order valence-corrected chi connectivity index (χ1v) is 14.1. The lowest BCUT2D eigenvalue weighted by molar-refractivity contribution is -0.172. The van der Waals surface area contributed by atoms with E-state index in [1.54, 1.807) is 67.5 Å². The first-order valence-electron chi connectivity index (χ1n) is 14.1.